The fraction of sp³-hybridized carbons (Fsp3) is 0.364. The molecule has 0 amide bonds. The molecule has 2 rings (SSSR count). The van der Waals surface area contributed by atoms with E-state index in [1.54, 1.807) is 12.3 Å². The van der Waals surface area contributed by atoms with Crippen molar-refractivity contribution in [3.8, 4) is 0 Å². The summed E-state index contributed by atoms with van der Waals surface area (Å²) in [5, 5.41) is 5.07. The van der Waals surface area contributed by atoms with E-state index in [1.165, 1.54) is 13.3 Å². The van der Waals surface area contributed by atoms with E-state index in [0.29, 0.717) is 5.56 Å². The first-order chi connectivity index (χ1) is 7.63. The molecule has 5 nitrogen and oxygen atoms in total. The van der Waals surface area contributed by atoms with Crippen LogP contribution in [0.2, 0.25) is 0 Å². The molecule has 84 valence electrons. The van der Waals surface area contributed by atoms with Crippen LogP contribution < -0.4 is 0 Å². The van der Waals surface area contributed by atoms with E-state index in [1.807, 2.05) is 18.5 Å². The van der Waals surface area contributed by atoms with Crippen molar-refractivity contribution in [1.29, 1.82) is 0 Å². The molecule has 0 atom stereocenters. The molecular formula is C11H13N3O2. The van der Waals surface area contributed by atoms with Gasteiger partial charge in [0.1, 0.15) is 0 Å². The Balaban J connectivity index is 2.53. The minimum atomic E-state index is -0.383. The Hall–Kier alpha value is -1.91. The summed E-state index contributed by atoms with van der Waals surface area (Å²) in [7, 11) is 1.35. The summed E-state index contributed by atoms with van der Waals surface area (Å²) in [6, 6.07) is 1.98. The number of hydrogen-bond acceptors (Lipinski definition) is 4. The van der Waals surface area contributed by atoms with E-state index < -0.39 is 0 Å². The summed E-state index contributed by atoms with van der Waals surface area (Å²) in [4.78, 5) is 15.5. The molecule has 5 heteroatoms. The highest BCUT2D eigenvalue weighted by Crippen LogP contribution is 2.16. The normalized spacial score (nSPS) is 11.0. The SMILES string of the molecule is COC(=O)c1cnc2c(cnn2C(C)C)c1. The highest BCUT2D eigenvalue weighted by molar-refractivity contribution is 5.92. The molecule has 0 aromatic carbocycles. The minimum absolute atomic E-state index is 0.244. The average Bonchev–Trinajstić information content (AvgIpc) is 2.70. The Morgan fingerprint density at radius 2 is 2.19 bits per heavy atom. The van der Waals surface area contributed by atoms with E-state index in [9.17, 15) is 4.79 Å². The Morgan fingerprint density at radius 1 is 1.44 bits per heavy atom. The molecule has 0 radical (unpaired) electrons. The standard InChI is InChI=1S/C11H13N3O2/c1-7(2)14-10-8(6-13-14)4-9(5-12-10)11(15)16-3/h4-7H,1-3H3. The van der Waals surface area contributed by atoms with Gasteiger partial charge in [-0.25, -0.2) is 14.5 Å². The van der Waals surface area contributed by atoms with Gasteiger partial charge >= 0.3 is 5.97 Å². The number of carbonyl (C=O) groups excluding carboxylic acids is 1. The molecule has 2 aromatic rings. The molecule has 0 spiro atoms. The van der Waals surface area contributed by atoms with Crippen molar-refractivity contribution < 1.29 is 9.53 Å². The van der Waals surface area contributed by atoms with Gasteiger partial charge in [0, 0.05) is 17.6 Å². The number of rotatable bonds is 2. The minimum Gasteiger partial charge on any atom is -0.465 e. The number of nitrogens with zero attached hydrogens (tertiary/aromatic N) is 3. The van der Waals surface area contributed by atoms with Gasteiger partial charge in [0.15, 0.2) is 5.65 Å². The molecule has 0 bridgehead atoms. The van der Waals surface area contributed by atoms with E-state index in [4.69, 9.17) is 0 Å². The highest BCUT2D eigenvalue weighted by Gasteiger charge is 2.11. The molecule has 16 heavy (non-hydrogen) atoms. The van der Waals surface area contributed by atoms with Gasteiger partial charge in [0.2, 0.25) is 0 Å². The molecule has 0 unspecified atom stereocenters. The maximum absolute atomic E-state index is 11.3. The number of hydrogen-bond donors (Lipinski definition) is 0. The van der Waals surface area contributed by atoms with Crippen molar-refractivity contribution in [3.63, 3.8) is 0 Å². The van der Waals surface area contributed by atoms with Crippen LogP contribution in [0.3, 0.4) is 0 Å². The van der Waals surface area contributed by atoms with Crippen LogP contribution in [0.1, 0.15) is 30.2 Å². The third-order valence-corrected chi connectivity index (χ3v) is 2.34. The number of carbonyl (C=O) groups is 1. The largest absolute Gasteiger partial charge is 0.465 e. The topological polar surface area (TPSA) is 57.0 Å². The molecule has 2 heterocycles. The fourth-order valence-corrected chi connectivity index (χ4v) is 1.55. The Morgan fingerprint density at radius 3 is 2.81 bits per heavy atom. The van der Waals surface area contributed by atoms with Crippen molar-refractivity contribution in [2.24, 2.45) is 0 Å². The van der Waals surface area contributed by atoms with Crippen LogP contribution >= 0.6 is 0 Å². The first-order valence-corrected chi connectivity index (χ1v) is 5.05. The van der Waals surface area contributed by atoms with Crippen molar-refractivity contribution in [2.75, 3.05) is 7.11 Å². The maximum Gasteiger partial charge on any atom is 0.339 e. The fourth-order valence-electron chi connectivity index (χ4n) is 1.55. The van der Waals surface area contributed by atoms with E-state index in [0.717, 1.165) is 11.0 Å². The van der Waals surface area contributed by atoms with Crippen molar-refractivity contribution in [2.45, 2.75) is 19.9 Å². The van der Waals surface area contributed by atoms with Crippen LogP contribution in [0.5, 0.6) is 0 Å². The maximum atomic E-state index is 11.3. The second kappa shape index (κ2) is 3.92. The van der Waals surface area contributed by atoms with Crippen LogP contribution in [-0.2, 0) is 4.74 Å². The first-order valence-electron chi connectivity index (χ1n) is 5.05. The van der Waals surface area contributed by atoms with Crippen molar-refractivity contribution in [1.82, 2.24) is 14.8 Å². The lowest BCUT2D eigenvalue weighted by atomic mass is 10.2. The number of aromatic nitrogens is 3. The number of methoxy groups -OCH3 is 1. The predicted octanol–water partition coefficient (Wildman–Crippen LogP) is 1.80. The average molecular weight is 219 g/mol. The molecule has 0 saturated carbocycles. The van der Waals surface area contributed by atoms with Gasteiger partial charge in [0.25, 0.3) is 0 Å². The Bertz CT molecular complexity index is 531. The molecule has 0 aliphatic heterocycles. The van der Waals surface area contributed by atoms with E-state index >= 15 is 0 Å². The summed E-state index contributed by atoms with van der Waals surface area (Å²) < 4.78 is 6.45. The molecule has 0 N–H and O–H groups in total. The molecule has 0 aliphatic carbocycles. The lowest BCUT2D eigenvalue weighted by molar-refractivity contribution is 0.0600. The third-order valence-electron chi connectivity index (χ3n) is 2.34. The molecule has 0 fully saturated rings. The Kier molecular flexibility index (Phi) is 2.60. The highest BCUT2D eigenvalue weighted by atomic mass is 16.5. The zero-order chi connectivity index (χ0) is 11.7. The van der Waals surface area contributed by atoms with Gasteiger partial charge in [-0.3, -0.25) is 0 Å². The summed E-state index contributed by atoms with van der Waals surface area (Å²) in [5.74, 6) is -0.383. The van der Waals surface area contributed by atoms with Gasteiger partial charge in [-0.1, -0.05) is 0 Å². The summed E-state index contributed by atoms with van der Waals surface area (Å²) in [6.07, 6.45) is 3.21. The second-order valence-corrected chi connectivity index (χ2v) is 3.81. The second-order valence-electron chi connectivity index (χ2n) is 3.81. The predicted molar refractivity (Wildman–Crippen MR) is 59.3 cm³/mol. The van der Waals surface area contributed by atoms with Crippen LogP contribution in [0.4, 0.5) is 0 Å². The van der Waals surface area contributed by atoms with Crippen molar-refractivity contribution >= 4 is 17.0 Å². The lowest BCUT2D eigenvalue weighted by Gasteiger charge is -2.06. The smallest absolute Gasteiger partial charge is 0.339 e. The van der Waals surface area contributed by atoms with Gasteiger partial charge in [0.05, 0.1) is 18.9 Å². The number of ether oxygens (including phenoxy) is 1. The van der Waals surface area contributed by atoms with Crippen molar-refractivity contribution in [3.05, 3.63) is 24.0 Å². The molecule has 0 saturated heterocycles. The van der Waals surface area contributed by atoms with E-state index in [-0.39, 0.29) is 12.0 Å². The summed E-state index contributed by atoms with van der Waals surface area (Å²) in [5.41, 5.74) is 1.22. The van der Waals surface area contributed by atoms with Crippen LogP contribution in [0.15, 0.2) is 18.5 Å². The molecular weight excluding hydrogens is 206 g/mol. The van der Waals surface area contributed by atoms with Gasteiger partial charge in [-0.05, 0) is 19.9 Å². The number of esters is 1. The summed E-state index contributed by atoms with van der Waals surface area (Å²) in [6.45, 7) is 4.06. The lowest BCUT2D eigenvalue weighted by Crippen LogP contribution is -2.05. The van der Waals surface area contributed by atoms with E-state index in [2.05, 4.69) is 14.8 Å². The monoisotopic (exact) mass is 219 g/mol. The van der Waals surface area contributed by atoms with Crippen LogP contribution in [-0.4, -0.2) is 27.8 Å². The molecule has 2 aromatic heterocycles. The zero-order valence-electron chi connectivity index (χ0n) is 9.47. The van der Waals surface area contributed by atoms with Gasteiger partial charge in [-0.15, -0.1) is 0 Å². The Labute approximate surface area is 93.0 Å². The van der Waals surface area contributed by atoms with Gasteiger partial charge in [-0.2, -0.15) is 5.10 Å². The van der Waals surface area contributed by atoms with Crippen LogP contribution in [0, 0.1) is 0 Å². The number of pyridine rings is 1. The third kappa shape index (κ3) is 1.64. The summed E-state index contributed by atoms with van der Waals surface area (Å²) >= 11 is 0. The van der Waals surface area contributed by atoms with Gasteiger partial charge < -0.3 is 4.74 Å². The number of fused-ring (bicyclic) bond motifs is 1. The zero-order valence-corrected chi connectivity index (χ0v) is 9.47. The first kappa shape index (κ1) is 10.6. The molecule has 0 aliphatic rings. The quantitative estimate of drug-likeness (QED) is 0.723. The van der Waals surface area contributed by atoms with Crippen LogP contribution in [0.25, 0.3) is 11.0 Å².